The molecule has 0 radical (unpaired) electrons. The number of amides is 1. The lowest BCUT2D eigenvalue weighted by molar-refractivity contribution is 0.0741. The van der Waals surface area contributed by atoms with E-state index in [9.17, 15) is 4.79 Å². The average Bonchev–Trinajstić information content (AvgIpc) is 3.37. The third-order valence-electron chi connectivity index (χ3n) is 5.33. The first kappa shape index (κ1) is 17.2. The van der Waals surface area contributed by atoms with Gasteiger partial charge in [-0.2, -0.15) is 0 Å². The molecule has 4 heterocycles. The molecule has 1 saturated heterocycles. The van der Waals surface area contributed by atoms with Gasteiger partial charge in [0, 0.05) is 42.0 Å². The van der Waals surface area contributed by atoms with Gasteiger partial charge in [0.1, 0.15) is 22.7 Å². The van der Waals surface area contributed by atoms with Crippen molar-refractivity contribution in [2.75, 3.05) is 31.1 Å². The van der Waals surface area contributed by atoms with Crippen LogP contribution < -0.4 is 4.90 Å². The van der Waals surface area contributed by atoms with E-state index in [1.807, 2.05) is 35.2 Å². The van der Waals surface area contributed by atoms with E-state index in [1.165, 1.54) is 4.88 Å². The zero-order chi connectivity index (χ0) is 19.1. The number of nitrogens with zero attached hydrogens (tertiary/aromatic N) is 4. The molecule has 4 aromatic rings. The molecule has 0 bridgehead atoms. The van der Waals surface area contributed by atoms with Gasteiger partial charge >= 0.3 is 0 Å². The second kappa shape index (κ2) is 6.91. The Balaban J connectivity index is 1.33. The van der Waals surface area contributed by atoms with Crippen LogP contribution in [0.25, 0.3) is 21.1 Å². The Labute approximate surface area is 166 Å². The average molecular weight is 392 g/mol. The van der Waals surface area contributed by atoms with Gasteiger partial charge in [-0.25, -0.2) is 9.97 Å². The largest absolute Gasteiger partial charge is 0.352 e. The van der Waals surface area contributed by atoms with Gasteiger partial charge < -0.3 is 14.8 Å². The Morgan fingerprint density at radius 1 is 1.14 bits per heavy atom. The summed E-state index contributed by atoms with van der Waals surface area (Å²) in [6.07, 6.45) is 2.66. The number of aryl methyl sites for hydroxylation is 1. The van der Waals surface area contributed by atoms with Gasteiger partial charge in [0.05, 0.1) is 5.39 Å². The summed E-state index contributed by atoms with van der Waals surface area (Å²) < 4.78 is 0. The molecule has 0 unspecified atom stereocenters. The third kappa shape index (κ3) is 2.92. The number of anilines is 1. The van der Waals surface area contributed by atoms with Crippen LogP contribution in [-0.2, 0) is 6.42 Å². The van der Waals surface area contributed by atoms with Crippen molar-refractivity contribution in [3.63, 3.8) is 0 Å². The maximum atomic E-state index is 12.9. The first-order valence-electron chi connectivity index (χ1n) is 9.58. The lowest BCUT2D eigenvalue weighted by Crippen LogP contribution is -2.49. The van der Waals surface area contributed by atoms with E-state index in [4.69, 9.17) is 0 Å². The number of aromatic nitrogens is 3. The number of hydrogen-bond acceptors (Lipinski definition) is 5. The maximum Gasteiger partial charge on any atom is 0.270 e. The highest BCUT2D eigenvalue weighted by Gasteiger charge is 2.25. The molecule has 142 valence electrons. The van der Waals surface area contributed by atoms with E-state index in [1.54, 1.807) is 17.7 Å². The molecule has 7 heteroatoms. The number of rotatable bonds is 3. The number of thiophene rings is 1. The molecule has 28 heavy (non-hydrogen) atoms. The summed E-state index contributed by atoms with van der Waals surface area (Å²) in [6.45, 7) is 5.08. The molecule has 5 rings (SSSR count). The standard InChI is InChI=1S/C21H21N5OS/c1-2-15-12-16-19(22-13-23-20(16)28-15)25-7-9-26(10-8-25)21(27)18-11-14-5-3-4-6-17(14)24-18/h3-6,11-13,24H,2,7-10H2,1H3. The van der Waals surface area contributed by atoms with Gasteiger partial charge in [-0.15, -0.1) is 11.3 Å². The highest BCUT2D eigenvalue weighted by Crippen LogP contribution is 2.31. The molecule has 0 atom stereocenters. The smallest absolute Gasteiger partial charge is 0.270 e. The summed E-state index contributed by atoms with van der Waals surface area (Å²) in [4.78, 5) is 31.7. The summed E-state index contributed by atoms with van der Waals surface area (Å²) >= 11 is 1.73. The molecule has 6 nitrogen and oxygen atoms in total. The SMILES string of the molecule is CCc1cc2c(N3CCN(C(=O)c4cc5ccccc5[nH]4)CC3)ncnc2s1. The fourth-order valence-corrected chi connectivity index (χ4v) is 4.73. The number of H-pyrrole nitrogens is 1. The fourth-order valence-electron chi connectivity index (χ4n) is 3.80. The lowest BCUT2D eigenvalue weighted by atomic mass is 10.2. The van der Waals surface area contributed by atoms with Crippen LogP contribution in [-0.4, -0.2) is 51.9 Å². The molecule has 1 aliphatic rings. The van der Waals surface area contributed by atoms with Crippen LogP contribution in [0.4, 0.5) is 5.82 Å². The number of piperazine rings is 1. The van der Waals surface area contributed by atoms with Gasteiger partial charge in [0.2, 0.25) is 0 Å². The summed E-state index contributed by atoms with van der Waals surface area (Å²) in [5.74, 6) is 1.05. The van der Waals surface area contributed by atoms with E-state index in [-0.39, 0.29) is 5.91 Å². The second-order valence-corrected chi connectivity index (χ2v) is 8.15. The van der Waals surface area contributed by atoms with E-state index in [0.717, 1.165) is 46.4 Å². The zero-order valence-corrected chi connectivity index (χ0v) is 16.5. The summed E-state index contributed by atoms with van der Waals surface area (Å²) in [6, 6.07) is 12.1. The molecule has 1 amide bonds. The van der Waals surface area contributed by atoms with E-state index in [2.05, 4.69) is 32.8 Å². The van der Waals surface area contributed by atoms with Gasteiger partial charge in [0.25, 0.3) is 5.91 Å². The topological polar surface area (TPSA) is 65.1 Å². The number of fused-ring (bicyclic) bond motifs is 2. The molecular formula is C21H21N5OS. The number of nitrogens with one attached hydrogen (secondary N) is 1. The second-order valence-electron chi connectivity index (χ2n) is 7.03. The van der Waals surface area contributed by atoms with Crippen LogP contribution >= 0.6 is 11.3 Å². The first-order valence-corrected chi connectivity index (χ1v) is 10.4. The number of carbonyl (C=O) groups excluding carboxylic acids is 1. The van der Waals surface area contributed by atoms with E-state index in [0.29, 0.717) is 18.8 Å². The van der Waals surface area contributed by atoms with Crippen LogP contribution in [0, 0.1) is 0 Å². The first-order chi connectivity index (χ1) is 13.7. The predicted octanol–water partition coefficient (Wildman–Crippen LogP) is 3.70. The Morgan fingerprint density at radius 2 is 1.96 bits per heavy atom. The number of carbonyl (C=O) groups is 1. The van der Waals surface area contributed by atoms with E-state index < -0.39 is 0 Å². The van der Waals surface area contributed by atoms with Gasteiger partial charge in [0.15, 0.2) is 0 Å². The normalized spacial score (nSPS) is 14.9. The molecular weight excluding hydrogens is 370 g/mol. The van der Waals surface area contributed by atoms with Crippen LogP contribution in [0.3, 0.4) is 0 Å². The summed E-state index contributed by atoms with van der Waals surface area (Å²) in [5.41, 5.74) is 1.65. The number of para-hydroxylation sites is 1. The summed E-state index contributed by atoms with van der Waals surface area (Å²) in [5, 5.41) is 2.19. The van der Waals surface area contributed by atoms with Crippen molar-refractivity contribution in [1.29, 1.82) is 0 Å². The number of hydrogen-bond donors (Lipinski definition) is 1. The van der Waals surface area contributed by atoms with Crippen LogP contribution in [0.1, 0.15) is 22.3 Å². The molecule has 0 aliphatic carbocycles. The van der Waals surface area contributed by atoms with Gasteiger partial charge in [-0.05, 0) is 24.6 Å². The van der Waals surface area contributed by atoms with E-state index >= 15 is 0 Å². The van der Waals surface area contributed by atoms with Crippen LogP contribution in [0.5, 0.6) is 0 Å². The van der Waals surface area contributed by atoms with Crippen molar-refractivity contribution in [3.05, 3.63) is 53.3 Å². The Kier molecular flexibility index (Phi) is 4.24. The summed E-state index contributed by atoms with van der Waals surface area (Å²) in [7, 11) is 0. The fraction of sp³-hybridized carbons (Fsp3) is 0.286. The monoisotopic (exact) mass is 391 g/mol. The van der Waals surface area contributed by atoms with Crippen molar-refractivity contribution in [1.82, 2.24) is 19.9 Å². The maximum absolute atomic E-state index is 12.9. The predicted molar refractivity (Wildman–Crippen MR) is 113 cm³/mol. The highest BCUT2D eigenvalue weighted by molar-refractivity contribution is 7.18. The highest BCUT2D eigenvalue weighted by atomic mass is 32.1. The molecule has 1 aromatic carbocycles. The third-order valence-corrected chi connectivity index (χ3v) is 6.52. The molecule has 0 spiro atoms. The lowest BCUT2D eigenvalue weighted by Gasteiger charge is -2.35. The molecule has 1 N–H and O–H groups in total. The van der Waals surface area contributed by atoms with Crippen molar-refractivity contribution in [2.45, 2.75) is 13.3 Å². The Morgan fingerprint density at radius 3 is 2.75 bits per heavy atom. The zero-order valence-electron chi connectivity index (χ0n) is 15.7. The van der Waals surface area contributed by atoms with Crippen LogP contribution in [0.2, 0.25) is 0 Å². The Hall–Kier alpha value is -2.93. The van der Waals surface area contributed by atoms with Crippen molar-refractivity contribution >= 4 is 44.2 Å². The minimum atomic E-state index is 0.0625. The van der Waals surface area contributed by atoms with Crippen molar-refractivity contribution < 1.29 is 4.79 Å². The molecule has 1 fully saturated rings. The number of aromatic amines is 1. The minimum Gasteiger partial charge on any atom is -0.352 e. The minimum absolute atomic E-state index is 0.0625. The Bertz CT molecular complexity index is 1120. The quantitative estimate of drug-likeness (QED) is 0.578. The molecule has 0 saturated carbocycles. The number of benzene rings is 1. The van der Waals surface area contributed by atoms with Crippen molar-refractivity contribution in [2.24, 2.45) is 0 Å². The van der Waals surface area contributed by atoms with Crippen LogP contribution in [0.15, 0.2) is 42.7 Å². The van der Waals surface area contributed by atoms with Crippen molar-refractivity contribution in [3.8, 4) is 0 Å². The van der Waals surface area contributed by atoms with Gasteiger partial charge in [-0.1, -0.05) is 25.1 Å². The molecule has 1 aliphatic heterocycles. The van der Waals surface area contributed by atoms with Gasteiger partial charge in [-0.3, -0.25) is 4.79 Å². The molecule has 3 aromatic heterocycles.